The van der Waals surface area contributed by atoms with Gasteiger partial charge < -0.3 is 4.74 Å². The Hall–Kier alpha value is -2.67. The molecule has 8 heteroatoms. The lowest BCUT2D eigenvalue weighted by molar-refractivity contribution is -0.187. The van der Waals surface area contributed by atoms with Gasteiger partial charge in [-0.3, -0.25) is 0 Å². The van der Waals surface area contributed by atoms with Crippen molar-refractivity contribution in [3.05, 3.63) is 87.9 Å². The van der Waals surface area contributed by atoms with Crippen LogP contribution in [0.15, 0.2) is 48.5 Å². The van der Waals surface area contributed by atoms with Crippen molar-refractivity contribution in [2.24, 2.45) is 5.92 Å². The molecule has 3 aromatic rings. The Labute approximate surface area is 198 Å². The van der Waals surface area contributed by atoms with Gasteiger partial charge in [0.1, 0.15) is 11.3 Å². The molecule has 0 aromatic heterocycles. The Kier molecular flexibility index (Phi) is 6.85. The van der Waals surface area contributed by atoms with Gasteiger partial charge in [-0.05, 0) is 41.9 Å². The summed E-state index contributed by atoms with van der Waals surface area (Å²) < 4.78 is 88.1. The van der Waals surface area contributed by atoms with E-state index in [1.54, 1.807) is 12.1 Å². The van der Waals surface area contributed by atoms with Gasteiger partial charge in [0.2, 0.25) is 0 Å². The summed E-state index contributed by atoms with van der Waals surface area (Å²) >= 11 is 6.08. The molecule has 0 heterocycles. The van der Waals surface area contributed by atoms with Crippen LogP contribution in [0.25, 0.3) is 11.1 Å². The van der Waals surface area contributed by atoms with Gasteiger partial charge in [-0.2, -0.15) is 8.78 Å². The van der Waals surface area contributed by atoms with Crippen molar-refractivity contribution >= 4 is 11.6 Å². The molecular formula is C26H21ClF6O. The zero-order chi connectivity index (χ0) is 24.6. The van der Waals surface area contributed by atoms with E-state index in [0.717, 1.165) is 24.8 Å². The lowest BCUT2D eigenvalue weighted by Crippen LogP contribution is -2.24. The summed E-state index contributed by atoms with van der Waals surface area (Å²) in [6, 6.07) is 9.92. The molecule has 1 saturated carbocycles. The van der Waals surface area contributed by atoms with E-state index in [4.69, 9.17) is 11.6 Å². The lowest BCUT2D eigenvalue weighted by atomic mass is 9.79. The molecular weight excluding hydrogens is 478 g/mol. The molecule has 4 rings (SSSR count). The average Bonchev–Trinajstić information content (AvgIpc) is 2.79. The number of halogens is 7. The fourth-order valence-corrected chi connectivity index (χ4v) is 4.59. The average molecular weight is 499 g/mol. The standard InChI is InChI=1S/C26H21ClF6O/c1-14-2-4-15(5-3-14)16-6-8-17(9-7-16)19-10-11-20(24(30)23(19)27)26(32,33)34-18-12-21(28)25(31)22(29)13-18/h6-15H,2-5H2,1H3. The van der Waals surface area contributed by atoms with Crippen LogP contribution in [0.1, 0.15) is 49.7 Å². The maximum atomic E-state index is 14.9. The van der Waals surface area contributed by atoms with Crippen LogP contribution in [0.5, 0.6) is 5.75 Å². The molecule has 1 fully saturated rings. The molecule has 1 aliphatic carbocycles. The van der Waals surface area contributed by atoms with Gasteiger partial charge in [0.25, 0.3) is 0 Å². The molecule has 0 amide bonds. The van der Waals surface area contributed by atoms with Crippen molar-refractivity contribution in [2.45, 2.75) is 44.6 Å². The minimum Gasteiger partial charge on any atom is -0.429 e. The molecule has 0 spiro atoms. The second-order valence-corrected chi connectivity index (χ2v) is 9.07. The maximum Gasteiger partial charge on any atom is 0.429 e. The first-order chi connectivity index (χ1) is 16.1. The summed E-state index contributed by atoms with van der Waals surface area (Å²) in [5, 5.41) is -0.545. The highest BCUT2D eigenvalue weighted by Gasteiger charge is 2.39. The van der Waals surface area contributed by atoms with Gasteiger partial charge in [-0.1, -0.05) is 61.7 Å². The Bertz CT molecular complexity index is 1160. The number of hydrogen-bond acceptors (Lipinski definition) is 1. The number of ether oxygens (including phenoxy) is 1. The van der Waals surface area contributed by atoms with Crippen molar-refractivity contribution in [2.75, 3.05) is 0 Å². The van der Waals surface area contributed by atoms with Crippen LogP contribution in [0, 0.1) is 29.2 Å². The minimum atomic E-state index is -4.33. The third-order valence-electron chi connectivity index (χ3n) is 6.31. The molecule has 0 saturated heterocycles. The van der Waals surface area contributed by atoms with Gasteiger partial charge in [-0.25, -0.2) is 17.6 Å². The molecule has 0 bridgehead atoms. The third kappa shape index (κ3) is 4.90. The van der Waals surface area contributed by atoms with Crippen LogP contribution in [-0.2, 0) is 6.11 Å². The zero-order valence-corrected chi connectivity index (χ0v) is 18.9. The van der Waals surface area contributed by atoms with E-state index in [1.807, 2.05) is 12.1 Å². The van der Waals surface area contributed by atoms with Crippen molar-refractivity contribution in [3.8, 4) is 16.9 Å². The van der Waals surface area contributed by atoms with E-state index in [-0.39, 0.29) is 17.7 Å². The summed E-state index contributed by atoms with van der Waals surface area (Å²) in [7, 11) is 0. The van der Waals surface area contributed by atoms with Gasteiger partial charge in [0, 0.05) is 17.7 Å². The highest BCUT2D eigenvalue weighted by atomic mass is 35.5. The summed E-state index contributed by atoms with van der Waals surface area (Å²) in [6.07, 6.45) is 0.199. The van der Waals surface area contributed by atoms with Crippen molar-refractivity contribution < 1.29 is 31.1 Å². The quantitative estimate of drug-likeness (QED) is 0.252. The lowest BCUT2D eigenvalue weighted by Gasteiger charge is -2.26. The fraction of sp³-hybridized carbons (Fsp3) is 0.308. The van der Waals surface area contributed by atoms with Gasteiger partial charge in [0.15, 0.2) is 23.3 Å². The highest BCUT2D eigenvalue weighted by Crippen LogP contribution is 2.41. The van der Waals surface area contributed by atoms with Gasteiger partial charge >= 0.3 is 6.11 Å². The van der Waals surface area contributed by atoms with E-state index in [2.05, 4.69) is 11.7 Å². The first kappa shape index (κ1) is 24.5. The molecule has 0 unspecified atom stereocenters. The number of benzene rings is 3. The van der Waals surface area contributed by atoms with Crippen molar-refractivity contribution in [1.82, 2.24) is 0 Å². The Morgan fingerprint density at radius 3 is 2.00 bits per heavy atom. The van der Waals surface area contributed by atoms with Crippen LogP contribution >= 0.6 is 11.6 Å². The van der Waals surface area contributed by atoms with Gasteiger partial charge in [0.05, 0.1) is 5.02 Å². The Morgan fingerprint density at radius 2 is 1.41 bits per heavy atom. The van der Waals surface area contributed by atoms with Crippen molar-refractivity contribution in [1.29, 1.82) is 0 Å². The summed E-state index contributed by atoms with van der Waals surface area (Å²) in [5.74, 6) is -6.53. The molecule has 3 aromatic carbocycles. The smallest absolute Gasteiger partial charge is 0.429 e. The predicted molar refractivity (Wildman–Crippen MR) is 118 cm³/mol. The molecule has 0 radical (unpaired) electrons. The number of rotatable bonds is 5. The molecule has 1 aliphatic rings. The first-order valence-corrected chi connectivity index (χ1v) is 11.2. The van der Waals surface area contributed by atoms with Crippen LogP contribution < -0.4 is 4.74 Å². The van der Waals surface area contributed by atoms with Crippen LogP contribution in [0.2, 0.25) is 5.02 Å². The SMILES string of the molecule is CC1CCC(c2ccc(-c3ccc(C(F)(F)Oc4cc(F)c(F)c(F)c4)c(F)c3Cl)cc2)CC1. The molecule has 0 N–H and O–H groups in total. The second kappa shape index (κ2) is 9.53. The highest BCUT2D eigenvalue weighted by molar-refractivity contribution is 6.33. The third-order valence-corrected chi connectivity index (χ3v) is 6.68. The number of hydrogen-bond donors (Lipinski definition) is 0. The van der Waals surface area contributed by atoms with E-state index in [0.29, 0.717) is 11.5 Å². The number of alkyl halides is 2. The maximum absolute atomic E-state index is 14.9. The fourth-order valence-electron chi connectivity index (χ4n) is 4.32. The van der Waals surface area contributed by atoms with Crippen LogP contribution in [0.4, 0.5) is 26.3 Å². The van der Waals surface area contributed by atoms with E-state index >= 15 is 0 Å². The zero-order valence-electron chi connectivity index (χ0n) is 18.2. The minimum absolute atomic E-state index is 0.210. The second-order valence-electron chi connectivity index (χ2n) is 8.69. The van der Waals surface area contributed by atoms with Gasteiger partial charge in [-0.15, -0.1) is 0 Å². The molecule has 34 heavy (non-hydrogen) atoms. The monoisotopic (exact) mass is 498 g/mol. The van der Waals surface area contributed by atoms with E-state index in [1.165, 1.54) is 24.5 Å². The van der Waals surface area contributed by atoms with Crippen LogP contribution in [-0.4, -0.2) is 0 Å². The molecule has 0 atom stereocenters. The first-order valence-electron chi connectivity index (χ1n) is 10.9. The van der Waals surface area contributed by atoms with E-state index in [9.17, 15) is 26.3 Å². The molecule has 180 valence electrons. The normalized spacial score (nSPS) is 18.7. The Balaban J connectivity index is 1.58. The Morgan fingerprint density at radius 1 is 0.824 bits per heavy atom. The van der Waals surface area contributed by atoms with Crippen molar-refractivity contribution in [3.63, 3.8) is 0 Å². The van der Waals surface area contributed by atoms with Crippen LogP contribution in [0.3, 0.4) is 0 Å². The largest absolute Gasteiger partial charge is 0.429 e. The summed E-state index contributed by atoms with van der Waals surface area (Å²) in [5.41, 5.74) is 0.707. The van der Waals surface area contributed by atoms with E-state index < -0.39 is 45.7 Å². The molecule has 0 aliphatic heterocycles. The molecule has 1 nitrogen and oxygen atoms in total. The predicted octanol–water partition coefficient (Wildman–Crippen LogP) is 8.99. The summed E-state index contributed by atoms with van der Waals surface area (Å²) in [6.45, 7) is 2.24. The summed E-state index contributed by atoms with van der Waals surface area (Å²) in [4.78, 5) is 0. The topological polar surface area (TPSA) is 9.23 Å².